The lowest BCUT2D eigenvalue weighted by molar-refractivity contribution is 0.303. The molecule has 1 aliphatic carbocycles. The molecule has 0 bridgehead atoms. The van der Waals surface area contributed by atoms with Crippen LogP contribution in [0.3, 0.4) is 0 Å². The van der Waals surface area contributed by atoms with Gasteiger partial charge in [-0.25, -0.2) is 8.78 Å². The van der Waals surface area contributed by atoms with Gasteiger partial charge in [-0.2, -0.15) is 8.78 Å². The summed E-state index contributed by atoms with van der Waals surface area (Å²) in [4.78, 5) is 0. The molecule has 4 heteroatoms. The van der Waals surface area contributed by atoms with Crippen LogP contribution in [-0.2, 0) is 0 Å². The third-order valence-corrected chi connectivity index (χ3v) is 6.78. The number of hydrogen-bond acceptors (Lipinski definition) is 0. The van der Waals surface area contributed by atoms with Crippen LogP contribution in [0.5, 0.6) is 0 Å². The third kappa shape index (κ3) is 6.22. The van der Waals surface area contributed by atoms with Crippen LogP contribution >= 0.6 is 0 Å². The number of halogens is 4. The molecular weight excluding hydrogens is 448 g/mol. The summed E-state index contributed by atoms with van der Waals surface area (Å²) in [5.41, 5.74) is 1.88. The Morgan fingerprint density at radius 3 is 2.34 bits per heavy atom. The lowest BCUT2D eigenvalue weighted by atomic mass is 9.80. The van der Waals surface area contributed by atoms with Gasteiger partial charge in [-0.3, -0.25) is 0 Å². The summed E-state index contributed by atoms with van der Waals surface area (Å²) in [6, 6.07) is 13.7. The Kier molecular flexibility index (Phi) is 8.08. The van der Waals surface area contributed by atoms with E-state index in [1.165, 1.54) is 31.7 Å². The van der Waals surface area contributed by atoms with Crippen LogP contribution in [0, 0.1) is 35.3 Å². The molecule has 0 amide bonds. The van der Waals surface area contributed by atoms with Gasteiger partial charge in [0, 0.05) is 22.9 Å². The highest BCUT2D eigenvalue weighted by atomic mass is 19.3. The van der Waals surface area contributed by atoms with Gasteiger partial charge in [0.05, 0.1) is 5.56 Å². The maximum atomic E-state index is 14.6. The Balaban J connectivity index is 1.45. The van der Waals surface area contributed by atoms with E-state index >= 15 is 0 Å². The second-order valence-electron chi connectivity index (χ2n) is 9.17. The summed E-state index contributed by atoms with van der Waals surface area (Å²) in [5, 5.41) is 0.417. The topological polar surface area (TPSA) is 0 Å². The minimum Gasteiger partial charge on any atom is -0.206 e. The highest BCUT2D eigenvalue weighted by Crippen LogP contribution is 2.32. The number of fused-ring (bicyclic) bond motifs is 1. The molecule has 0 heterocycles. The Morgan fingerprint density at radius 2 is 1.66 bits per heavy atom. The fraction of sp³-hybridized carbons (Fsp3) is 0.290. The number of rotatable bonds is 5. The van der Waals surface area contributed by atoms with Crippen LogP contribution in [0.2, 0.25) is 0 Å². The molecule has 1 saturated carbocycles. The van der Waals surface area contributed by atoms with Crippen molar-refractivity contribution >= 4 is 16.8 Å². The molecule has 0 N–H and O–H groups in total. The normalized spacial score (nSPS) is 17.9. The van der Waals surface area contributed by atoms with E-state index in [1.54, 1.807) is 12.1 Å². The van der Waals surface area contributed by atoms with Crippen LogP contribution in [0.15, 0.2) is 66.8 Å². The Labute approximate surface area is 204 Å². The molecule has 0 saturated heterocycles. The lowest BCUT2D eigenvalue weighted by Gasteiger charge is -2.25. The van der Waals surface area contributed by atoms with E-state index in [0.717, 1.165) is 41.5 Å². The molecule has 35 heavy (non-hydrogen) atoms. The van der Waals surface area contributed by atoms with E-state index in [9.17, 15) is 17.6 Å². The minimum absolute atomic E-state index is 0.0988. The monoisotopic (exact) mass is 476 g/mol. The van der Waals surface area contributed by atoms with Crippen molar-refractivity contribution in [2.24, 2.45) is 11.8 Å². The first-order valence-electron chi connectivity index (χ1n) is 12.1. The molecule has 4 rings (SSSR count). The van der Waals surface area contributed by atoms with Gasteiger partial charge < -0.3 is 0 Å². The summed E-state index contributed by atoms with van der Waals surface area (Å²) in [6.45, 7) is 2.07. The highest BCUT2D eigenvalue weighted by molar-refractivity contribution is 5.90. The second-order valence-corrected chi connectivity index (χ2v) is 9.17. The Bertz CT molecular complexity index is 1290. The van der Waals surface area contributed by atoms with E-state index in [0.29, 0.717) is 11.3 Å². The first-order chi connectivity index (χ1) is 16.9. The van der Waals surface area contributed by atoms with Gasteiger partial charge in [0.2, 0.25) is 0 Å². The van der Waals surface area contributed by atoms with Gasteiger partial charge in [-0.15, -0.1) is 0 Å². The van der Waals surface area contributed by atoms with Crippen LogP contribution in [-0.4, -0.2) is 0 Å². The van der Waals surface area contributed by atoms with Crippen molar-refractivity contribution < 1.29 is 17.6 Å². The van der Waals surface area contributed by atoms with Crippen molar-refractivity contribution in [1.29, 1.82) is 0 Å². The van der Waals surface area contributed by atoms with E-state index in [-0.39, 0.29) is 11.5 Å². The van der Waals surface area contributed by atoms with Crippen molar-refractivity contribution in [1.82, 2.24) is 0 Å². The molecule has 0 spiro atoms. The van der Waals surface area contributed by atoms with Gasteiger partial charge in [0.25, 0.3) is 6.08 Å². The maximum Gasteiger partial charge on any atom is 0.271 e. The zero-order valence-electron chi connectivity index (χ0n) is 19.8. The quantitative estimate of drug-likeness (QED) is 0.195. The van der Waals surface area contributed by atoms with Crippen LogP contribution < -0.4 is 0 Å². The van der Waals surface area contributed by atoms with Gasteiger partial charge in [0.15, 0.2) is 0 Å². The fourth-order valence-electron chi connectivity index (χ4n) is 4.79. The largest absolute Gasteiger partial charge is 0.271 e. The van der Waals surface area contributed by atoms with Crippen LogP contribution in [0.25, 0.3) is 28.0 Å². The molecule has 0 aromatic heterocycles. The fourth-order valence-corrected chi connectivity index (χ4v) is 4.79. The summed E-state index contributed by atoms with van der Waals surface area (Å²) in [6.07, 6.45) is 9.69. The first kappa shape index (κ1) is 24.8. The molecular formula is C31H28F4. The van der Waals surface area contributed by atoms with Crippen molar-refractivity contribution in [3.8, 4) is 23.0 Å². The molecule has 0 aliphatic heterocycles. The molecule has 1 aliphatic rings. The predicted molar refractivity (Wildman–Crippen MR) is 136 cm³/mol. The van der Waals surface area contributed by atoms with Crippen molar-refractivity contribution in [3.63, 3.8) is 0 Å². The summed E-state index contributed by atoms with van der Waals surface area (Å²) >= 11 is 0. The van der Waals surface area contributed by atoms with E-state index < -0.39 is 23.3 Å². The van der Waals surface area contributed by atoms with Crippen molar-refractivity contribution in [2.45, 2.75) is 45.4 Å². The lowest BCUT2D eigenvalue weighted by Crippen LogP contribution is -2.13. The number of hydrogen-bond donors (Lipinski definition) is 0. The van der Waals surface area contributed by atoms with E-state index in [2.05, 4.69) is 30.9 Å². The first-order valence-corrected chi connectivity index (χ1v) is 12.1. The SMILES string of the molecule is C/C=C/CCC1CCC(C#Cc2ccc(-c3ccc4c(F)c(C=C(F)F)c(F)cc4c3)cc2)CC1. The van der Waals surface area contributed by atoms with Gasteiger partial charge in [-0.1, -0.05) is 48.3 Å². The van der Waals surface area contributed by atoms with E-state index in [1.807, 2.05) is 24.3 Å². The molecule has 180 valence electrons. The van der Waals surface area contributed by atoms with Gasteiger partial charge in [0.1, 0.15) is 11.6 Å². The average Bonchev–Trinajstić information content (AvgIpc) is 2.86. The highest BCUT2D eigenvalue weighted by Gasteiger charge is 2.19. The van der Waals surface area contributed by atoms with Crippen LogP contribution in [0.1, 0.15) is 56.6 Å². The van der Waals surface area contributed by atoms with Crippen molar-refractivity contribution in [3.05, 3.63) is 89.5 Å². The standard InChI is InChI=1S/C31H28F4/c1-2-3-4-5-21-6-8-22(9-7-21)10-11-23-12-14-24(15-13-23)25-16-17-27-26(18-25)19-29(32)28(31(27)35)20-30(33)34/h2-3,12-22H,4-9H2,1H3/b3-2+. The Hall–Kier alpha value is -3.32. The van der Waals surface area contributed by atoms with Crippen molar-refractivity contribution in [2.75, 3.05) is 0 Å². The molecule has 0 atom stereocenters. The molecule has 3 aromatic carbocycles. The summed E-state index contributed by atoms with van der Waals surface area (Å²) in [5.74, 6) is 6.00. The maximum absolute atomic E-state index is 14.6. The number of allylic oxidation sites excluding steroid dienone is 2. The van der Waals surface area contributed by atoms with Crippen LogP contribution in [0.4, 0.5) is 17.6 Å². The van der Waals surface area contributed by atoms with E-state index in [4.69, 9.17) is 0 Å². The Morgan fingerprint density at radius 1 is 0.943 bits per heavy atom. The summed E-state index contributed by atoms with van der Waals surface area (Å²) in [7, 11) is 0. The molecule has 3 aromatic rings. The molecule has 1 fully saturated rings. The zero-order valence-corrected chi connectivity index (χ0v) is 19.8. The molecule has 0 unspecified atom stereocenters. The molecule has 0 radical (unpaired) electrons. The zero-order chi connectivity index (χ0) is 24.8. The third-order valence-electron chi connectivity index (χ3n) is 6.78. The minimum atomic E-state index is -2.14. The van der Waals surface area contributed by atoms with Gasteiger partial charge >= 0.3 is 0 Å². The smallest absolute Gasteiger partial charge is 0.206 e. The number of benzene rings is 3. The predicted octanol–water partition coefficient (Wildman–Crippen LogP) is 9.54. The molecule has 0 nitrogen and oxygen atoms in total. The second kappa shape index (κ2) is 11.4. The average molecular weight is 477 g/mol. The van der Waals surface area contributed by atoms with Gasteiger partial charge in [-0.05, 0) is 92.1 Å². The summed E-state index contributed by atoms with van der Waals surface area (Å²) < 4.78 is 53.9.